The second kappa shape index (κ2) is 7.80. The molecule has 0 aromatic heterocycles. The molecule has 0 spiro atoms. The lowest BCUT2D eigenvalue weighted by Gasteiger charge is -2.25. The maximum Gasteiger partial charge on any atom is 0.271 e. The summed E-state index contributed by atoms with van der Waals surface area (Å²) in [4.78, 5) is 22.0. The molecule has 128 valence electrons. The van der Waals surface area contributed by atoms with Crippen molar-refractivity contribution in [3.63, 3.8) is 0 Å². The lowest BCUT2D eigenvalue weighted by Crippen LogP contribution is -2.30. The van der Waals surface area contributed by atoms with Crippen LogP contribution in [0.2, 0.25) is 0 Å². The van der Waals surface area contributed by atoms with Crippen LogP contribution in [0.25, 0.3) is 0 Å². The fraction of sp³-hybridized carbons (Fsp3) is 0.176. The van der Waals surface area contributed by atoms with Gasteiger partial charge in [-0.15, -0.1) is 0 Å². The first-order valence-electron chi connectivity index (χ1n) is 7.54. The first-order chi connectivity index (χ1) is 12.1. The van der Waals surface area contributed by atoms with Crippen molar-refractivity contribution in [2.45, 2.75) is 6.10 Å². The van der Waals surface area contributed by atoms with Gasteiger partial charge in [-0.25, -0.2) is 5.43 Å². The molecule has 0 radical (unpaired) electrons. The largest absolute Gasteiger partial charge is 0.489 e. The number of carbonyl (C=O) groups is 1. The number of non-ortho nitro benzene ring substituents is 1. The van der Waals surface area contributed by atoms with Crippen molar-refractivity contribution in [1.82, 2.24) is 5.43 Å². The number of thioether (sulfide) groups is 1. The zero-order chi connectivity index (χ0) is 17.6. The minimum absolute atomic E-state index is 0.0668. The molecule has 25 heavy (non-hydrogen) atoms. The van der Waals surface area contributed by atoms with Gasteiger partial charge in [0.2, 0.25) is 0 Å². The number of ether oxygens (including phenoxy) is 1. The van der Waals surface area contributed by atoms with Crippen molar-refractivity contribution in [3.05, 3.63) is 69.8 Å². The summed E-state index contributed by atoms with van der Waals surface area (Å²) >= 11 is 1.86. The molecule has 1 aliphatic rings. The van der Waals surface area contributed by atoms with Crippen molar-refractivity contribution in [2.75, 3.05) is 11.5 Å². The van der Waals surface area contributed by atoms with Crippen LogP contribution in [0.5, 0.6) is 5.75 Å². The fourth-order valence-electron chi connectivity index (χ4n) is 2.07. The molecule has 1 amide bonds. The van der Waals surface area contributed by atoms with Gasteiger partial charge < -0.3 is 4.74 Å². The van der Waals surface area contributed by atoms with Crippen molar-refractivity contribution in [3.8, 4) is 5.75 Å². The zero-order valence-corrected chi connectivity index (χ0v) is 13.9. The Hall–Kier alpha value is -2.87. The summed E-state index contributed by atoms with van der Waals surface area (Å²) in [5.74, 6) is 2.43. The van der Waals surface area contributed by atoms with E-state index in [4.69, 9.17) is 4.74 Å². The van der Waals surface area contributed by atoms with E-state index < -0.39 is 10.8 Å². The molecule has 0 bridgehead atoms. The standard InChI is InChI=1S/C17H15N3O4S/c21-17(13-3-5-14(6-4-13)20(22)23)19-18-9-12-1-7-15(8-2-12)24-16-10-25-11-16/h1-9,16H,10-11H2,(H,19,21)/b18-9-. The highest BCUT2D eigenvalue weighted by molar-refractivity contribution is 8.00. The van der Waals surface area contributed by atoms with E-state index in [9.17, 15) is 14.9 Å². The van der Waals surface area contributed by atoms with E-state index in [1.807, 2.05) is 36.0 Å². The third-order valence-corrected chi connectivity index (χ3v) is 4.73. The number of hydrogen-bond donors (Lipinski definition) is 1. The molecule has 1 N–H and O–H groups in total. The number of nitro benzene ring substituents is 1. The number of hydrogen-bond acceptors (Lipinski definition) is 6. The van der Waals surface area contributed by atoms with Gasteiger partial charge in [-0.3, -0.25) is 14.9 Å². The normalized spacial score (nSPS) is 14.1. The van der Waals surface area contributed by atoms with Gasteiger partial charge >= 0.3 is 0 Å². The molecule has 0 saturated carbocycles. The van der Waals surface area contributed by atoms with Gasteiger partial charge in [0, 0.05) is 29.2 Å². The molecular formula is C17H15N3O4S. The number of nitro groups is 1. The van der Waals surface area contributed by atoms with Gasteiger partial charge in [-0.05, 0) is 42.0 Å². The highest BCUT2D eigenvalue weighted by Crippen LogP contribution is 2.23. The minimum atomic E-state index is -0.517. The van der Waals surface area contributed by atoms with E-state index in [2.05, 4.69) is 10.5 Å². The number of rotatable bonds is 6. The number of nitrogens with zero attached hydrogens (tertiary/aromatic N) is 2. The van der Waals surface area contributed by atoms with Gasteiger partial charge in [-0.2, -0.15) is 16.9 Å². The summed E-state index contributed by atoms with van der Waals surface area (Å²) in [5, 5.41) is 14.5. The molecular weight excluding hydrogens is 342 g/mol. The maximum absolute atomic E-state index is 11.9. The molecule has 2 aromatic rings. The predicted molar refractivity (Wildman–Crippen MR) is 96.3 cm³/mol. The average Bonchev–Trinajstić information content (AvgIpc) is 2.59. The predicted octanol–water partition coefficient (Wildman–Crippen LogP) is 2.85. The maximum atomic E-state index is 11.9. The Balaban J connectivity index is 1.53. The van der Waals surface area contributed by atoms with E-state index in [1.165, 1.54) is 30.5 Å². The van der Waals surface area contributed by atoms with Crippen LogP contribution in [0.15, 0.2) is 53.6 Å². The molecule has 1 saturated heterocycles. The Morgan fingerprint density at radius 2 is 1.88 bits per heavy atom. The lowest BCUT2D eigenvalue weighted by molar-refractivity contribution is -0.384. The Morgan fingerprint density at radius 1 is 1.20 bits per heavy atom. The van der Waals surface area contributed by atoms with Crippen LogP contribution in [0.1, 0.15) is 15.9 Å². The number of benzene rings is 2. The van der Waals surface area contributed by atoms with E-state index in [1.54, 1.807) is 0 Å². The Morgan fingerprint density at radius 3 is 2.44 bits per heavy atom. The van der Waals surface area contributed by atoms with E-state index in [0.717, 1.165) is 22.8 Å². The monoisotopic (exact) mass is 357 g/mol. The van der Waals surface area contributed by atoms with Crippen LogP contribution in [-0.4, -0.2) is 34.7 Å². The highest BCUT2D eigenvalue weighted by Gasteiger charge is 2.19. The molecule has 0 unspecified atom stereocenters. The van der Waals surface area contributed by atoms with Crippen LogP contribution in [0.4, 0.5) is 5.69 Å². The van der Waals surface area contributed by atoms with Gasteiger partial charge in [0.1, 0.15) is 11.9 Å². The van der Waals surface area contributed by atoms with Crippen LogP contribution in [0.3, 0.4) is 0 Å². The number of amides is 1. The molecule has 3 rings (SSSR count). The minimum Gasteiger partial charge on any atom is -0.489 e. The molecule has 1 fully saturated rings. The Kier molecular flexibility index (Phi) is 5.30. The van der Waals surface area contributed by atoms with E-state index in [0.29, 0.717) is 11.7 Å². The molecule has 1 heterocycles. The Labute approximate surface area is 148 Å². The van der Waals surface area contributed by atoms with Crippen molar-refractivity contribution in [2.24, 2.45) is 5.10 Å². The van der Waals surface area contributed by atoms with Crippen molar-refractivity contribution in [1.29, 1.82) is 0 Å². The Bertz CT molecular complexity index is 787. The molecule has 0 aliphatic carbocycles. The smallest absolute Gasteiger partial charge is 0.271 e. The summed E-state index contributed by atoms with van der Waals surface area (Å²) in [6.07, 6.45) is 1.82. The number of hydrazone groups is 1. The number of carbonyl (C=O) groups excluding carboxylic acids is 1. The van der Waals surface area contributed by atoms with Crippen LogP contribution in [0, 0.1) is 10.1 Å². The van der Waals surface area contributed by atoms with Crippen LogP contribution < -0.4 is 10.2 Å². The van der Waals surface area contributed by atoms with E-state index >= 15 is 0 Å². The third-order valence-electron chi connectivity index (χ3n) is 3.51. The van der Waals surface area contributed by atoms with Gasteiger partial charge in [0.15, 0.2) is 0 Å². The summed E-state index contributed by atoms with van der Waals surface area (Å²) in [5.41, 5.74) is 3.44. The summed E-state index contributed by atoms with van der Waals surface area (Å²) in [6, 6.07) is 12.7. The second-order valence-corrected chi connectivity index (χ2v) is 6.42. The zero-order valence-electron chi connectivity index (χ0n) is 13.1. The van der Waals surface area contributed by atoms with Crippen LogP contribution in [-0.2, 0) is 0 Å². The van der Waals surface area contributed by atoms with Crippen molar-refractivity contribution >= 4 is 29.6 Å². The summed E-state index contributed by atoms with van der Waals surface area (Å²) < 4.78 is 5.75. The molecule has 8 heteroatoms. The van der Waals surface area contributed by atoms with Crippen LogP contribution >= 0.6 is 11.8 Å². The summed E-state index contributed by atoms with van der Waals surface area (Å²) in [6.45, 7) is 0. The molecule has 2 aromatic carbocycles. The highest BCUT2D eigenvalue weighted by atomic mass is 32.2. The van der Waals surface area contributed by atoms with E-state index in [-0.39, 0.29) is 5.69 Å². The van der Waals surface area contributed by atoms with Gasteiger partial charge in [0.05, 0.1) is 11.1 Å². The third kappa shape index (κ3) is 4.57. The second-order valence-electron chi connectivity index (χ2n) is 5.35. The first kappa shape index (κ1) is 17.0. The van der Waals surface area contributed by atoms with Gasteiger partial charge in [-0.1, -0.05) is 0 Å². The molecule has 0 atom stereocenters. The van der Waals surface area contributed by atoms with Gasteiger partial charge in [0.25, 0.3) is 11.6 Å². The molecule has 1 aliphatic heterocycles. The fourth-order valence-corrected chi connectivity index (χ4v) is 2.64. The lowest BCUT2D eigenvalue weighted by atomic mass is 10.2. The summed E-state index contributed by atoms with van der Waals surface area (Å²) in [7, 11) is 0. The molecule has 7 nitrogen and oxygen atoms in total. The average molecular weight is 357 g/mol. The SMILES string of the molecule is O=C(N/N=C\c1ccc(OC2CSC2)cc1)c1ccc([N+](=O)[O-])cc1. The topological polar surface area (TPSA) is 93.8 Å². The van der Waals surface area contributed by atoms with Crippen molar-refractivity contribution < 1.29 is 14.5 Å². The first-order valence-corrected chi connectivity index (χ1v) is 8.69. The quantitative estimate of drug-likeness (QED) is 0.487. The number of nitrogens with one attached hydrogen (secondary N) is 1.